The molecule has 0 aliphatic carbocycles. The highest BCUT2D eigenvalue weighted by molar-refractivity contribution is 7.91. The first-order chi connectivity index (χ1) is 11.0. The van der Waals surface area contributed by atoms with Crippen molar-refractivity contribution >= 4 is 27.2 Å². The first kappa shape index (κ1) is 16.7. The standard InChI is InChI=1S/C16H23N3O2S2/c20-23(21)11-6-15(13-23)18-7-9-19(10-8-18)16(22)17-12-14-4-2-1-3-5-14/h1-5,15H,6-13H2,(H,17,22)/p+1/t15-/m0/s1. The number of piperazine rings is 1. The average Bonchev–Trinajstić information content (AvgIpc) is 2.94. The van der Waals surface area contributed by atoms with Gasteiger partial charge in [-0.3, -0.25) is 0 Å². The Balaban J connectivity index is 1.44. The molecule has 1 aromatic rings. The quantitative estimate of drug-likeness (QED) is 0.714. The Morgan fingerprint density at radius 3 is 2.57 bits per heavy atom. The largest absolute Gasteiger partial charge is 0.358 e. The molecule has 2 aliphatic heterocycles. The van der Waals surface area contributed by atoms with E-state index in [4.69, 9.17) is 12.2 Å². The molecule has 3 rings (SSSR count). The maximum absolute atomic E-state index is 11.6. The predicted octanol–water partition coefficient (Wildman–Crippen LogP) is -0.551. The van der Waals surface area contributed by atoms with Crippen LogP contribution in [0.4, 0.5) is 0 Å². The van der Waals surface area contributed by atoms with Crippen molar-refractivity contribution in [1.82, 2.24) is 10.2 Å². The minimum atomic E-state index is -2.79. The van der Waals surface area contributed by atoms with E-state index in [9.17, 15) is 8.42 Å². The number of thiocarbonyl (C=S) groups is 1. The van der Waals surface area contributed by atoms with Gasteiger partial charge < -0.3 is 15.1 Å². The first-order valence-corrected chi connectivity index (χ1v) is 10.4. The van der Waals surface area contributed by atoms with E-state index >= 15 is 0 Å². The lowest BCUT2D eigenvalue weighted by atomic mass is 10.2. The zero-order chi connectivity index (χ0) is 16.3. The molecule has 0 aromatic heterocycles. The van der Waals surface area contributed by atoms with Crippen LogP contribution in [0.1, 0.15) is 12.0 Å². The summed E-state index contributed by atoms with van der Waals surface area (Å²) < 4.78 is 23.2. The van der Waals surface area contributed by atoms with Crippen LogP contribution in [0.3, 0.4) is 0 Å². The summed E-state index contributed by atoms with van der Waals surface area (Å²) in [5.74, 6) is 0.723. The minimum absolute atomic E-state index is 0.285. The van der Waals surface area contributed by atoms with Gasteiger partial charge in [-0.05, 0) is 17.8 Å². The van der Waals surface area contributed by atoms with Crippen LogP contribution in [0.15, 0.2) is 30.3 Å². The van der Waals surface area contributed by atoms with E-state index in [2.05, 4.69) is 22.3 Å². The minimum Gasteiger partial charge on any atom is -0.358 e. The fourth-order valence-electron chi connectivity index (χ4n) is 3.41. The highest BCUT2D eigenvalue weighted by Crippen LogP contribution is 2.09. The molecule has 0 unspecified atom stereocenters. The van der Waals surface area contributed by atoms with Crippen molar-refractivity contribution in [2.75, 3.05) is 37.7 Å². The highest BCUT2D eigenvalue weighted by atomic mass is 32.2. The number of benzene rings is 1. The summed E-state index contributed by atoms with van der Waals surface area (Å²) in [6.07, 6.45) is 0.814. The number of rotatable bonds is 3. The lowest BCUT2D eigenvalue weighted by Crippen LogP contribution is -3.18. The van der Waals surface area contributed by atoms with E-state index < -0.39 is 9.84 Å². The zero-order valence-electron chi connectivity index (χ0n) is 13.2. The van der Waals surface area contributed by atoms with E-state index in [0.29, 0.717) is 11.5 Å². The number of sulfone groups is 1. The first-order valence-electron chi connectivity index (χ1n) is 8.15. The molecule has 2 fully saturated rings. The fourth-order valence-corrected chi connectivity index (χ4v) is 5.49. The van der Waals surface area contributed by atoms with Crippen molar-refractivity contribution < 1.29 is 13.3 Å². The van der Waals surface area contributed by atoms with Crippen LogP contribution >= 0.6 is 12.2 Å². The molecule has 1 aromatic carbocycles. The summed E-state index contributed by atoms with van der Waals surface area (Å²) in [6, 6.07) is 10.5. The summed E-state index contributed by atoms with van der Waals surface area (Å²) in [4.78, 5) is 3.62. The van der Waals surface area contributed by atoms with Crippen molar-refractivity contribution in [3.8, 4) is 0 Å². The molecular formula is C16H24N3O2S2+. The Kier molecular flexibility index (Phi) is 5.18. The monoisotopic (exact) mass is 354 g/mol. The van der Waals surface area contributed by atoms with Gasteiger partial charge in [0.1, 0.15) is 11.8 Å². The van der Waals surface area contributed by atoms with Crippen LogP contribution in [-0.2, 0) is 16.4 Å². The molecule has 0 saturated carbocycles. The van der Waals surface area contributed by atoms with Crippen LogP contribution in [0.2, 0.25) is 0 Å². The number of hydrogen-bond donors (Lipinski definition) is 2. The Morgan fingerprint density at radius 2 is 1.96 bits per heavy atom. The topological polar surface area (TPSA) is 53.9 Å². The average molecular weight is 355 g/mol. The van der Waals surface area contributed by atoms with E-state index in [-0.39, 0.29) is 6.04 Å². The third-order valence-corrected chi connectivity index (χ3v) is 6.96. The third kappa shape index (κ3) is 4.43. The van der Waals surface area contributed by atoms with Gasteiger partial charge in [0.15, 0.2) is 14.9 Å². The van der Waals surface area contributed by atoms with Gasteiger partial charge in [0.25, 0.3) is 0 Å². The highest BCUT2D eigenvalue weighted by Gasteiger charge is 2.37. The number of hydrogen-bond acceptors (Lipinski definition) is 3. The number of quaternary nitrogens is 1. The third-order valence-electron chi connectivity index (χ3n) is 4.79. The SMILES string of the molecule is O=S1(=O)CC[C@H]([NH+]2CCN(C(=S)NCc3ccccc3)CC2)C1. The molecule has 2 N–H and O–H groups in total. The van der Waals surface area contributed by atoms with Gasteiger partial charge in [-0.15, -0.1) is 0 Å². The van der Waals surface area contributed by atoms with Crippen molar-refractivity contribution in [2.45, 2.75) is 19.0 Å². The fraction of sp³-hybridized carbons (Fsp3) is 0.562. The molecular weight excluding hydrogens is 330 g/mol. The Morgan fingerprint density at radius 1 is 1.26 bits per heavy atom. The van der Waals surface area contributed by atoms with E-state index in [1.54, 1.807) is 0 Å². The van der Waals surface area contributed by atoms with Crippen molar-refractivity contribution in [3.63, 3.8) is 0 Å². The van der Waals surface area contributed by atoms with Gasteiger partial charge in [0.05, 0.1) is 31.9 Å². The second kappa shape index (κ2) is 7.15. The van der Waals surface area contributed by atoms with Crippen LogP contribution in [-0.4, -0.2) is 62.2 Å². The predicted molar refractivity (Wildman–Crippen MR) is 95.2 cm³/mol. The van der Waals surface area contributed by atoms with E-state index in [1.165, 1.54) is 10.5 Å². The van der Waals surface area contributed by atoms with Crippen LogP contribution in [0.5, 0.6) is 0 Å². The molecule has 23 heavy (non-hydrogen) atoms. The van der Waals surface area contributed by atoms with Crippen molar-refractivity contribution in [3.05, 3.63) is 35.9 Å². The molecule has 2 saturated heterocycles. The summed E-state index contributed by atoms with van der Waals surface area (Å²) >= 11 is 5.49. The molecule has 0 radical (unpaired) electrons. The Labute approximate surface area is 143 Å². The second-order valence-electron chi connectivity index (χ2n) is 6.39. The van der Waals surface area contributed by atoms with Gasteiger partial charge in [-0.1, -0.05) is 30.3 Å². The smallest absolute Gasteiger partial charge is 0.169 e. The molecule has 1 atom stereocenters. The number of nitrogens with zero attached hydrogens (tertiary/aromatic N) is 1. The normalized spacial score (nSPS) is 24.5. The molecule has 126 valence electrons. The zero-order valence-corrected chi connectivity index (χ0v) is 14.8. The van der Waals surface area contributed by atoms with Gasteiger partial charge in [0.2, 0.25) is 0 Å². The second-order valence-corrected chi connectivity index (χ2v) is 9.00. The Hall–Kier alpha value is -1.18. The van der Waals surface area contributed by atoms with E-state index in [1.807, 2.05) is 18.2 Å². The molecule has 7 heteroatoms. The van der Waals surface area contributed by atoms with Crippen LogP contribution < -0.4 is 10.2 Å². The van der Waals surface area contributed by atoms with Crippen LogP contribution in [0, 0.1) is 0 Å². The molecule has 0 spiro atoms. The molecule has 0 bridgehead atoms. The van der Waals surface area contributed by atoms with Gasteiger partial charge in [-0.25, -0.2) is 8.42 Å². The summed E-state index contributed by atoms with van der Waals surface area (Å²) in [6.45, 7) is 4.47. The maximum Gasteiger partial charge on any atom is 0.169 e. The molecule has 5 nitrogen and oxygen atoms in total. The summed E-state index contributed by atoms with van der Waals surface area (Å²) in [5.41, 5.74) is 1.22. The maximum atomic E-state index is 11.6. The summed E-state index contributed by atoms with van der Waals surface area (Å²) in [5, 5.41) is 4.12. The van der Waals surface area contributed by atoms with E-state index in [0.717, 1.165) is 44.3 Å². The molecule has 2 aliphatic rings. The lowest BCUT2D eigenvalue weighted by Gasteiger charge is -2.36. The molecule has 2 heterocycles. The van der Waals surface area contributed by atoms with Gasteiger partial charge in [-0.2, -0.15) is 0 Å². The summed E-state index contributed by atoms with van der Waals surface area (Å²) in [7, 11) is -2.79. The van der Waals surface area contributed by atoms with Crippen LogP contribution in [0.25, 0.3) is 0 Å². The van der Waals surface area contributed by atoms with Gasteiger partial charge >= 0.3 is 0 Å². The van der Waals surface area contributed by atoms with Gasteiger partial charge in [0, 0.05) is 13.0 Å². The molecule has 0 amide bonds. The number of nitrogens with one attached hydrogen (secondary N) is 2. The van der Waals surface area contributed by atoms with Crippen molar-refractivity contribution in [2.24, 2.45) is 0 Å². The van der Waals surface area contributed by atoms with Crippen molar-refractivity contribution in [1.29, 1.82) is 0 Å². The Bertz CT molecular complexity index is 641. The lowest BCUT2D eigenvalue weighted by molar-refractivity contribution is -0.925.